The molecule has 4 heteroatoms. The van der Waals surface area contributed by atoms with Crippen molar-refractivity contribution in [1.29, 1.82) is 0 Å². The Morgan fingerprint density at radius 1 is 0.800 bits per heavy atom. The predicted molar refractivity (Wildman–Crippen MR) is 80.8 cm³/mol. The van der Waals surface area contributed by atoms with Crippen LogP contribution in [0.25, 0.3) is 43.7 Å². The first-order valence-electron chi connectivity index (χ1n) is 6.52. The highest BCUT2D eigenvalue weighted by Crippen LogP contribution is 2.34. The van der Waals surface area contributed by atoms with Crippen molar-refractivity contribution in [2.45, 2.75) is 0 Å². The van der Waals surface area contributed by atoms with Crippen molar-refractivity contribution in [3.05, 3.63) is 48.9 Å². The molecule has 20 heavy (non-hydrogen) atoms. The van der Waals surface area contributed by atoms with E-state index in [2.05, 4.69) is 38.1 Å². The summed E-state index contributed by atoms with van der Waals surface area (Å²) in [7, 11) is 0. The number of benzene rings is 1. The van der Waals surface area contributed by atoms with Gasteiger partial charge in [0.25, 0.3) is 0 Å². The van der Waals surface area contributed by atoms with Gasteiger partial charge in [-0.3, -0.25) is 9.97 Å². The van der Waals surface area contributed by atoms with Crippen LogP contribution in [0.15, 0.2) is 48.9 Å². The second-order valence-corrected chi connectivity index (χ2v) is 4.98. The quantitative estimate of drug-likeness (QED) is 0.444. The summed E-state index contributed by atoms with van der Waals surface area (Å²) in [6, 6.07) is 10.3. The first-order valence-corrected chi connectivity index (χ1v) is 6.52. The predicted octanol–water partition coefficient (Wildman–Crippen LogP) is 3.75. The molecular formula is C16H10N4. The lowest BCUT2D eigenvalue weighted by Gasteiger charge is -1.94. The smallest absolute Gasteiger partial charge is 0.0978 e. The van der Waals surface area contributed by atoms with Crippen LogP contribution in [0.4, 0.5) is 0 Å². The van der Waals surface area contributed by atoms with Gasteiger partial charge in [-0.1, -0.05) is 6.07 Å². The van der Waals surface area contributed by atoms with Crippen molar-refractivity contribution in [2.75, 3.05) is 0 Å². The average Bonchev–Trinajstić information content (AvgIpc) is 3.04. The summed E-state index contributed by atoms with van der Waals surface area (Å²) in [5.74, 6) is 0. The first-order chi connectivity index (χ1) is 9.92. The maximum atomic E-state index is 4.52. The lowest BCUT2D eigenvalue weighted by molar-refractivity contribution is 1.35. The van der Waals surface area contributed by atoms with E-state index in [0.29, 0.717) is 0 Å². The summed E-state index contributed by atoms with van der Waals surface area (Å²) in [6.07, 6.45) is 5.52. The molecule has 4 heterocycles. The third-order valence-corrected chi connectivity index (χ3v) is 3.89. The fraction of sp³-hybridized carbons (Fsp3) is 0. The minimum Gasteiger partial charge on any atom is -0.353 e. The molecule has 5 rings (SSSR count). The van der Waals surface area contributed by atoms with Crippen LogP contribution in [0.5, 0.6) is 0 Å². The second-order valence-electron chi connectivity index (χ2n) is 4.98. The van der Waals surface area contributed by atoms with Gasteiger partial charge in [-0.2, -0.15) is 0 Å². The van der Waals surface area contributed by atoms with Gasteiger partial charge in [-0.15, -0.1) is 0 Å². The minimum absolute atomic E-state index is 1.01. The van der Waals surface area contributed by atoms with E-state index in [-0.39, 0.29) is 0 Å². The van der Waals surface area contributed by atoms with Crippen molar-refractivity contribution < 1.29 is 0 Å². The van der Waals surface area contributed by atoms with Crippen LogP contribution >= 0.6 is 0 Å². The fourth-order valence-corrected chi connectivity index (χ4v) is 3.02. The number of pyridine rings is 2. The number of rotatable bonds is 0. The molecule has 0 radical (unpaired) electrons. The van der Waals surface area contributed by atoms with Gasteiger partial charge in [-0.05, 0) is 24.3 Å². The van der Waals surface area contributed by atoms with Crippen molar-refractivity contribution in [3.8, 4) is 0 Å². The molecule has 0 saturated carbocycles. The van der Waals surface area contributed by atoms with E-state index in [9.17, 15) is 0 Å². The van der Waals surface area contributed by atoms with Gasteiger partial charge in [0.1, 0.15) is 0 Å². The summed E-state index contributed by atoms with van der Waals surface area (Å²) in [4.78, 5) is 15.6. The van der Waals surface area contributed by atoms with Gasteiger partial charge in [0, 0.05) is 28.6 Å². The standard InChI is InChI=1S/C16H10N4/c1-2-12-16(18-6-1)14-11(19-12)4-3-10-9-5-7-17-8-13(9)20-15(10)14/h1-8,19-20H. The molecule has 0 atom stereocenters. The normalized spacial score (nSPS) is 12.0. The monoisotopic (exact) mass is 258 g/mol. The zero-order valence-electron chi connectivity index (χ0n) is 10.5. The van der Waals surface area contributed by atoms with Crippen molar-refractivity contribution in [3.63, 3.8) is 0 Å². The number of hydrogen-bond acceptors (Lipinski definition) is 2. The molecule has 4 nitrogen and oxygen atoms in total. The van der Waals surface area contributed by atoms with Gasteiger partial charge in [0.15, 0.2) is 0 Å². The van der Waals surface area contributed by atoms with E-state index < -0.39 is 0 Å². The Labute approximate surface area is 113 Å². The molecule has 0 saturated heterocycles. The van der Waals surface area contributed by atoms with Crippen LogP contribution in [0.2, 0.25) is 0 Å². The molecule has 1 aromatic carbocycles. The Balaban J connectivity index is 2.14. The van der Waals surface area contributed by atoms with Crippen LogP contribution in [0.3, 0.4) is 0 Å². The van der Waals surface area contributed by atoms with Gasteiger partial charge in [-0.25, -0.2) is 0 Å². The van der Waals surface area contributed by atoms with E-state index in [1.165, 1.54) is 10.8 Å². The molecule has 0 spiro atoms. The Kier molecular flexibility index (Phi) is 1.68. The lowest BCUT2D eigenvalue weighted by Crippen LogP contribution is -1.74. The topological polar surface area (TPSA) is 57.4 Å². The number of nitrogens with one attached hydrogen (secondary N) is 2. The number of H-pyrrole nitrogens is 2. The summed E-state index contributed by atoms with van der Waals surface area (Å²) in [6.45, 7) is 0. The highest BCUT2D eigenvalue weighted by Gasteiger charge is 2.12. The summed E-state index contributed by atoms with van der Waals surface area (Å²) in [5.41, 5.74) is 5.35. The van der Waals surface area contributed by atoms with Crippen LogP contribution in [-0.2, 0) is 0 Å². The summed E-state index contributed by atoms with van der Waals surface area (Å²) >= 11 is 0. The van der Waals surface area contributed by atoms with Crippen molar-refractivity contribution in [1.82, 2.24) is 19.9 Å². The number of aromatic amines is 2. The van der Waals surface area contributed by atoms with Gasteiger partial charge >= 0.3 is 0 Å². The zero-order chi connectivity index (χ0) is 13.1. The maximum absolute atomic E-state index is 4.52. The van der Waals surface area contributed by atoms with Crippen molar-refractivity contribution in [2.24, 2.45) is 0 Å². The molecule has 0 aliphatic rings. The highest BCUT2D eigenvalue weighted by molar-refractivity contribution is 6.23. The maximum Gasteiger partial charge on any atom is 0.0978 e. The second kappa shape index (κ2) is 3.36. The molecule has 2 N–H and O–H groups in total. The molecule has 4 aromatic heterocycles. The van der Waals surface area contributed by atoms with Crippen LogP contribution < -0.4 is 0 Å². The van der Waals surface area contributed by atoms with Gasteiger partial charge < -0.3 is 9.97 Å². The third-order valence-electron chi connectivity index (χ3n) is 3.89. The number of aromatic nitrogens is 4. The van der Waals surface area contributed by atoms with E-state index in [1.807, 2.05) is 30.7 Å². The molecule has 94 valence electrons. The molecule has 0 fully saturated rings. The molecule has 0 amide bonds. The summed E-state index contributed by atoms with van der Waals surface area (Å²) < 4.78 is 0. The van der Waals surface area contributed by atoms with Crippen LogP contribution in [-0.4, -0.2) is 19.9 Å². The molecule has 0 aliphatic heterocycles. The molecule has 0 bridgehead atoms. The van der Waals surface area contributed by atoms with E-state index in [4.69, 9.17) is 0 Å². The molecule has 5 aromatic rings. The minimum atomic E-state index is 1.01. The van der Waals surface area contributed by atoms with Crippen LogP contribution in [0, 0.1) is 0 Å². The number of hydrogen-bond donors (Lipinski definition) is 2. The Hall–Kier alpha value is -2.88. The van der Waals surface area contributed by atoms with Gasteiger partial charge in [0.05, 0.1) is 33.8 Å². The SMILES string of the molecule is c1cnc2c(c1)[nH]c1ccc3c4ccncc4[nH]c3c12. The third kappa shape index (κ3) is 1.11. The van der Waals surface area contributed by atoms with E-state index in [0.717, 1.165) is 33.0 Å². The Bertz CT molecular complexity index is 1100. The Morgan fingerprint density at radius 2 is 1.80 bits per heavy atom. The first kappa shape index (κ1) is 9.97. The number of nitrogens with zero attached hydrogens (tertiary/aromatic N) is 2. The highest BCUT2D eigenvalue weighted by atomic mass is 14.8. The number of fused-ring (bicyclic) bond motifs is 7. The van der Waals surface area contributed by atoms with E-state index >= 15 is 0 Å². The molecule has 0 unspecified atom stereocenters. The van der Waals surface area contributed by atoms with E-state index in [1.54, 1.807) is 0 Å². The average molecular weight is 258 g/mol. The summed E-state index contributed by atoms with van der Waals surface area (Å²) in [5, 5.41) is 3.55. The van der Waals surface area contributed by atoms with Crippen molar-refractivity contribution >= 4 is 43.7 Å². The lowest BCUT2D eigenvalue weighted by atomic mass is 10.1. The fourth-order valence-electron chi connectivity index (χ4n) is 3.02. The Morgan fingerprint density at radius 3 is 2.80 bits per heavy atom. The zero-order valence-corrected chi connectivity index (χ0v) is 10.5. The van der Waals surface area contributed by atoms with Crippen LogP contribution in [0.1, 0.15) is 0 Å². The molecular weight excluding hydrogens is 248 g/mol. The molecule has 0 aliphatic carbocycles. The van der Waals surface area contributed by atoms with Gasteiger partial charge in [0.2, 0.25) is 0 Å². The largest absolute Gasteiger partial charge is 0.353 e.